The molecule has 0 heterocycles. The summed E-state index contributed by atoms with van der Waals surface area (Å²) in [6, 6.07) is 100. The van der Waals surface area contributed by atoms with Crippen LogP contribution < -0.4 is 4.90 Å². The summed E-state index contributed by atoms with van der Waals surface area (Å²) in [6.07, 6.45) is 0. The number of anilines is 3. The van der Waals surface area contributed by atoms with Crippen molar-refractivity contribution in [1.29, 1.82) is 0 Å². The summed E-state index contributed by atoms with van der Waals surface area (Å²) in [4.78, 5) is 2.47. The van der Waals surface area contributed by atoms with Crippen molar-refractivity contribution in [1.82, 2.24) is 0 Å². The monoisotopic (exact) mass is 839 g/mol. The van der Waals surface area contributed by atoms with Crippen molar-refractivity contribution in [2.75, 3.05) is 4.90 Å². The average molecular weight is 840 g/mol. The summed E-state index contributed by atoms with van der Waals surface area (Å²) in [7, 11) is 0. The second kappa shape index (κ2) is 16.6. The average Bonchev–Trinajstić information content (AvgIpc) is 3.71. The molecule has 1 aliphatic rings. The first-order chi connectivity index (χ1) is 32.7. The molecule has 11 aromatic carbocycles. The molecule has 66 heavy (non-hydrogen) atoms. The maximum Gasteiger partial charge on any atom is 0.0714 e. The van der Waals surface area contributed by atoms with E-state index in [2.05, 4.69) is 278 Å². The zero-order valence-corrected chi connectivity index (χ0v) is 36.4. The molecule has 0 aliphatic heterocycles. The SMILES string of the molecule is c1ccc(-c2ccc(-c3ccc(N(c4cccc(-c5cccc(-c6cccc7ccccc67)c5)c4)c4cccc5c4-c4ccccc4C5(c4ccccc4)c4ccccc4)cc3)cc2)cc1. The number of rotatable bonds is 9. The molecule has 0 atom stereocenters. The smallest absolute Gasteiger partial charge is 0.0714 e. The number of benzene rings is 11. The molecular formula is C65H45N. The van der Waals surface area contributed by atoms with Gasteiger partial charge in [-0.3, -0.25) is 0 Å². The third kappa shape index (κ3) is 6.64. The number of hydrogen-bond acceptors (Lipinski definition) is 1. The fourth-order valence-corrected chi connectivity index (χ4v) is 10.5. The maximum atomic E-state index is 2.47. The topological polar surface area (TPSA) is 3.24 Å². The molecule has 0 bridgehead atoms. The fraction of sp³-hybridized carbons (Fsp3) is 0.0154. The van der Waals surface area contributed by atoms with E-state index >= 15 is 0 Å². The van der Waals surface area contributed by atoms with Crippen LogP contribution in [0.4, 0.5) is 17.1 Å². The Morgan fingerprint density at radius 1 is 0.273 bits per heavy atom. The molecule has 12 rings (SSSR count). The summed E-state index contributed by atoms with van der Waals surface area (Å²) < 4.78 is 0. The highest BCUT2D eigenvalue weighted by Gasteiger charge is 2.47. The standard InChI is InChI=1S/C65H45N/c1-4-18-46(19-5-1)47-36-38-48(39-37-47)49-40-42-56(43-41-49)66(57-29-15-23-52(45-57)51-22-14-24-53(44-51)59-32-16-21-50-20-10-11-30-58(50)59)63-35-17-34-62-64(63)60-31-12-13-33-61(60)65(62,54-25-6-2-7-26-54)55-27-8-3-9-28-55/h1-45H. The molecule has 0 saturated heterocycles. The van der Waals surface area contributed by atoms with Crippen molar-refractivity contribution in [2.24, 2.45) is 0 Å². The zero-order chi connectivity index (χ0) is 43.9. The van der Waals surface area contributed by atoms with Crippen LogP contribution in [0.15, 0.2) is 273 Å². The lowest BCUT2D eigenvalue weighted by Crippen LogP contribution is -2.28. The number of fused-ring (bicyclic) bond motifs is 4. The van der Waals surface area contributed by atoms with E-state index in [0.29, 0.717) is 0 Å². The van der Waals surface area contributed by atoms with Crippen LogP contribution >= 0.6 is 0 Å². The van der Waals surface area contributed by atoms with Gasteiger partial charge in [0.15, 0.2) is 0 Å². The van der Waals surface area contributed by atoms with E-state index in [9.17, 15) is 0 Å². The molecule has 0 N–H and O–H groups in total. The molecule has 1 heteroatoms. The zero-order valence-electron chi connectivity index (χ0n) is 36.4. The molecule has 310 valence electrons. The second-order valence-corrected chi connectivity index (χ2v) is 17.2. The van der Waals surface area contributed by atoms with Gasteiger partial charge in [-0.05, 0) is 119 Å². The lowest BCUT2D eigenvalue weighted by molar-refractivity contribution is 0.768. The van der Waals surface area contributed by atoms with Gasteiger partial charge in [0.2, 0.25) is 0 Å². The van der Waals surface area contributed by atoms with Crippen molar-refractivity contribution >= 4 is 27.8 Å². The van der Waals surface area contributed by atoms with Crippen molar-refractivity contribution in [3.8, 4) is 55.6 Å². The van der Waals surface area contributed by atoms with Gasteiger partial charge in [0.05, 0.1) is 11.1 Å². The van der Waals surface area contributed by atoms with Crippen molar-refractivity contribution < 1.29 is 0 Å². The second-order valence-electron chi connectivity index (χ2n) is 17.2. The van der Waals surface area contributed by atoms with Crippen molar-refractivity contribution in [3.05, 3.63) is 295 Å². The molecule has 1 nitrogen and oxygen atoms in total. The summed E-state index contributed by atoms with van der Waals surface area (Å²) >= 11 is 0. The molecular weight excluding hydrogens is 795 g/mol. The van der Waals surface area contributed by atoms with Crippen LogP contribution in [-0.4, -0.2) is 0 Å². The highest BCUT2D eigenvalue weighted by Crippen LogP contribution is 2.59. The Bertz CT molecular complexity index is 3460. The van der Waals surface area contributed by atoms with Crippen LogP contribution in [0.1, 0.15) is 22.3 Å². The van der Waals surface area contributed by atoms with Gasteiger partial charge in [-0.25, -0.2) is 0 Å². The fourth-order valence-electron chi connectivity index (χ4n) is 10.5. The Hall–Kier alpha value is -8.52. The van der Waals surface area contributed by atoms with Gasteiger partial charge in [-0.1, -0.05) is 237 Å². The normalized spacial score (nSPS) is 12.4. The van der Waals surface area contributed by atoms with E-state index < -0.39 is 5.41 Å². The molecule has 0 radical (unpaired) electrons. The largest absolute Gasteiger partial charge is 0.310 e. The van der Waals surface area contributed by atoms with Gasteiger partial charge < -0.3 is 4.90 Å². The Morgan fingerprint density at radius 3 is 1.45 bits per heavy atom. The minimum absolute atomic E-state index is 0.518. The van der Waals surface area contributed by atoms with Gasteiger partial charge in [0.25, 0.3) is 0 Å². The van der Waals surface area contributed by atoms with Gasteiger partial charge >= 0.3 is 0 Å². The van der Waals surface area contributed by atoms with Crippen molar-refractivity contribution in [2.45, 2.75) is 5.41 Å². The quantitative estimate of drug-likeness (QED) is 0.140. The summed E-state index contributed by atoms with van der Waals surface area (Å²) in [5.74, 6) is 0. The maximum absolute atomic E-state index is 2.47. The van der Waals surface area contributed by atoms with E-state index in [1.54, 1.807) is 0 Å². The van der Waals surface area contributed by atoms with Gasteiger partial charge in [-0.2, -0.15) is 0 Å². The molecule has 0 aromatic heterocycles. The Morgan fingerprint density at radius 2 is 0.742 bits per heavy atom. The van der Waals surface area contributed by atoms with E-state index in [1.165, 1.54) is 83.1 Å². The van der Waals surface area contributed by atoms with Crippen LogP contribution in [0, 0.1) is 0 Å². The summed E-state index contributed by atoms with van der Waals surface area (Å²) in [5, 5.41) is 2.50. The molecule has 0 spiro atoms. The van der Waals surface area contributed by atoms with E-state index in [1.807, 2.05) is 0 Å². The van der Waals surface area contributed by atoms with Crippen LogP contribution in [0.2, 0.25) is 0 Å². The molecule has 1 aliphatic carbocycles. The van der Waals surface area contributed by atoms with Crippen LogP contribution in [0.25, 0.3) is 66.4 Å². The number of hydrogen-bond donors (Lipinski definition) is 0. The molecule has 0 unspecified atom stereocenters. The first-order valence-corrected chi connectivity index (χ1v) is 22.8. The summed E-state index contributed by atoms with van der Waals surface area (Å²) in [6.45, 7) is 0. The third-order valence-electron chi connectivity index (χ3n) is 13.6. The first kappa shape index (κ1) is 39.1. The van der Waals surface area contributed by atoms with Crippen LogP contribution in [0.5, 0.6) is 0 Å². The summed E-state index contributed by atoms with van der Waals surface area (Å²) in [5.41, 5.74) is 19.9. The predicted octanol–water partition coefficient (Wildman–Crippen LogP) is 17.3. The molecule has 0 saturated carbocycles. The van der Waals surface area contributed by atoms with Crippen molar-refractivity contribution in [3.63, 3.8) is 0 Å². The lowest BCUT2D eigenvalue weighted by Gasteiger charge is -2.34. The molecule has 0 amide bonds. The van der Waals surface area contributed by atoms with E-state index in [4.69, 9.17) is 0 Å². The Balaban J connectivity index is 1.04. The minimum Gasteiger partial charge on any atom is -0.310 e. The van der Waals surface area contributed by atoms with E-state index in [0.717, 1.165) is 22.6 Å². The predicted molar refractivity (Wildman–Crippen MR) is 278 cm³/mol. The van der Waals surface area contributed by atoms with Gasteiger partial charge in [-0.15, -0.1) is 0 Å². The Labute approximate surface area is 387 Å². The van der Waals surface area contributed by atoms with E-state index in [-0.39, 0.29) is 0 Å². The molecule has 0 fully saturated rings. The lowest BCUT2D eigenvalue weighted by atomic mass is 9.68. The first-order valence-electron chi connectivity index (χ1n) is 22.8. The van der Waals surface area contributed by atoms with Crippen LogP contribution in [0.3, 0.4) is 0 Å². The molecule has 11 aromatic rings. The van der Waals surface area contributed by atoms with Crippen LogP contribution in [-0.2, 0) is 5.41 Å². The third-order valence-corrected chi connectivity index (χ3v) is 13.6. The highest BCUT2D eigenvalue weighted by molar-refractivity contribution is 5.99. The number of nitrogens with zero attached hydrogens (tertiary/aromatic N) is 1. The minimum atomic E-state index is -0.518. The van der Waals surface area contributed by atoms with Gasteiger partial charge in [0, 0.05) is 16.9 Å². The highest BCUT2D eigenvalue weighted by atomic mass is 15.1. The Kier molecular flexibility index (Phi) is 9.81. The van der Waals surface area contributed by atoms with Gasteiger partial charge in [0.1, 0.15) is 0 Å².